The Kier molecular flexibility index (Phi) is 5.29. The average Bonchev–Trinajstić information content (AvgIpc) is 2.29. The molecule has 0 spiro atoms. The Morgan fingerprint density at radius 2 is 1.94 bits per heavy atom. The van der Waals surface area contributed by atoms with Crippen molar-refractivity contribution >= 4 is 5.69 Å². The third kappa shape index (κ3) is 3.83. The second kappa shape index (κ2) is 6.51. The smallest absolute Gasteiger partial charge is 0.0631 e. The number of methoxy groups -OCH3 is 1. The molecule has 0 heterocycles. The van der Waals surface area contributed by atoms with Crippen LogP contribution in [0.2, 0.25) is 0 Å². The van der Waals surface area contributed by atoms with Crippen LogP contribution in [0.3, 0.4) is 0 Å². The van der Waals surface area contributed by atoms with Crippen LogP contribution in [0.4, 0.5) is 5.69 Å². The molecule has 0 aliphatic carbocycles. The van der Waals surface area contributed by atoms with Crippen molar-refractivity contribution in [3.63, 3.8) is 0 Å². The molecule has 0 aliphatic rings. The molecule has 1 rings (SSSR count). The lowest BCUT2D eigenvalue weighted by atomic mass is 10.1. The highest BCUT2D eigenvalue weighted by Gasteiger charge is 2.06. The van der Waals surface area contributed by atoms with Crippen LogP contribution in [0.1, 0.15) is 12.5 Å². The van der Waals surface area contributed by atoms with Gasteiger partial charge >= 0.3 is 0 Å². The van der Waals surface area contributed by atoms with E-state index in [-0.39, 0.29) is 6.04 Å². The van der Waals surface area contributed by atoms with Crippen molar-refractivity contribution in [1.29, 1.82) is 0 Å². The summed E-state index contributed by atoms with van der Waals surface area (Å²) in [5.41, 5.74) is 8.47. The normalized spacial score (nSPS) is 12.5. The van der Waals surface area contributed by atoms with Crippen LogP contribution in [0.25, 0.3) is 0 Å². The zero-order chi connectivity index (χ0) is 12.0. The molecule has 16 heavy (non-hydrogen) atoms. The van der Waals surface area contributed by atoms with Crippen LogP contribution in [0.15, 0.2) is 24.3 Å². The minimum atomic E-state index is 0.0563. The molecule has 0 fully saturated rings. The van der Waals surface area contributed by atoms with Crippen LogP contribution in [0, 0.1) is 0 Å². The number of hydrogen-bond donors (Lipinski definition) is 1. The van der Waals surface area contributed by atoms with E-state index >= 15 is 0 Å². The Bertz CT molecular complexity index is 297. The lowest BCUT2D eigenvalue weighted by molar-refractivity contribution is 0.181. The fourth-order valence-electron chi connectivity index (χ4n) is 1.71. The SMILES string of the molecule is CCc1ccc(N(C)CC(N)COC)cc1. The standard InChI is InChI=1S/C13H22N2O/c1-4-11-5-7-13(8-6-11)15(2)9-12(14)10-16-3/h5-8,12H,4,9-10,14H2,1-3H3. The lowest BCUT2D eigenvalue weighted by Gasteiger charge is -2.23. The van der Waals surface area contributed by atoms with E-state index in [0.29, 0.717) is 6.61 Å². The van der Waals surface area contributed by atoms with Crippen LogP contribution < -0.4 is 10.6 Å². The number of anilines is 1. The summed E-state index contributed by atoms with van der Waals surface area (Å²) < 4.78 is 5.03. The summed E-state index contributed by atoms with van der Waals surface area (Å²) in [6, 6.07) is 8.65. The molecule has 0 radical (unpaired) electrons. The number of hydrogen-bond acceptors (Lipinski definition) is 3. The Morgan fingerprint density at radius 3 is 2.44 bits per heavy atom. The zero-order valence-corrected chi connectivity index (χ0v) is 10.4. The molecule has 2 N–H and O–H groups in total. The van der Waals surface area contributed by atoms with Gasteiger partial charge in [-0.2, -0.15) is 0 Å². The molecule has 0 saturated carbocycles. The van der Waals surface area contributed by atoms with E-state index in [1.165, 1.54) is 11.3 Å². The zero-order valence-electron chi connectivity index (χ0n) is 10.4. The monoisotopic (exact) mass is 222 g/mol. The van der Waals surface area contributed by atoms with Crippen LogP contribution in [-0.4, -0.2) is 33.4 Å². The Morgan fingerprint density at radius 1 is 1.31 bits per heavy atom. The first-order valence-corrected chi connectivity index (χ1v) is 5.72. The molecule has 0 amide bonds. The van der Waals surface area contributed by atoms with Gasteiger partial charge in [-0.15, -0.1) is 0 Å². The maximum atomic E-state index is 5.91. The topological polar surface area (TPSA) is 38.5 Å². The maximum Gasteiger partial charge on any atom is 0.0631 e. The minimum Gasteiger partial charge on any atom is -0.383 e. The van der Waals surface area contributed by atoms with Crippen molar-refractivity contribution in [3.05, 3.63) is 29.8 Å². The number of benzene rings is 1. The molecule has 1 unspecified atom stereocenters. The summed E-state index contributed by atoms with van der Waals surface area (Å²) in [7, 11) is 3.73. The molecule has 0 saturated heterocycles. The lowest BCUT2D eigenvalue weighted by Crippen LogP contribution is -2.38. The molecule has 0 bridgehead atoms. The van der Waals surface area contributed by atoms with Gasteiger partial charge < -0.3 is 15.4 Å². The highest BCUT2D eigenvalue weighted by molar-refractivity contribution is 5.47. The van der Waals surface area contributed by atoms with E-state index in [9.17, 15) is 0 Å². The highest BCUT2D eigenvalue weighted by Crippen LogP contribution is 2.14. The molecule has 3 heteroatoms. The van der Waals surface area contributed by atoms with Gasteiger partial charge in [0.2, 0.25) is 0 Å². The van der Waals surface area contributed by atoms with Crippen molar-refractivity contribution in [2.75, 3.05) is 32.2 Å². The van der Waals surface area contributed by atoms with Gasteiger partial charge in [0.25, 0.3) is 0 Å². The van der Waals surface area contributed by atoms with Gasteiger partial charge in [0.15, 0.2) is 0 Å². The Balaban J connectivity index is 2.55. The van der Waals surface area contributed by atoms with Gasteiger partial charge in [-0.25, -0.2) is 0 Å². The van der Waals surface area contributed by atoms with Crippen LogP contribution >= 0.6 is 0 Å². The molecule has 90 valence electrons. The van der Waals surface area contributed by atoms with E-state index in [4.69, 9.17) is 10.5 Å². The van der Waals surface area contributed by atoms with E-state index in [1.807, 2.05) is 0 Å². The van der Waals surface area contributed by atoms with Crippen molar-refractivity contribution < 1.29 is 4.74 Å². The molecule has 0 aromatic heterocycles. The van der Waals surface area contributed by atoms with Crippen molar-refractivity contribution in [1.82, 2.24) is 0 Å². The summed E-state index contributed by atoms with van der Waals surface area (Å²) in [5, 5.41) is 0. The predicted octanol–water partition coefficient (Wildman–Crippen LogP) is 1.66. The fraction of sp³-hybridized carbons (Fsp3) is 0.538. The molecule has 1 aromatic carbocycles. The summed E-state index contributed by atoms with van der Waals surface area (Å²) in [5.74, 6) is 0. The Hall–Kier alpha value is -1.06. The molecule has 0 aliphatic heterocycles. The molecule has 1 aromatic rings. The minimum absolute atomic E-state index is 0.0563. The maximum absolute atomic E-state index is 5.91. The van der Waals surface area contributed by atoms with E-state index in [0.717, 1.165) is 13.0 Å². The Labute approximate surface area is 98.2 Å². The van der Waals surface area contributed by atoms with E-state index < -0.39 is 0 Å². The fourth-order valence-corrected chi connectivity index (χ4v) is 1.71. The van der Waals surface area contributed by atoms with Gasteiger partial charge in [0.1, 0.15) is 0 Å². The summed E-state index contributed by atoms with van der Waals surface area (Å²) in [6.45, 7) is 3.56. The summed E-state index contributed by atoms with van der Waals surface area (Å²) in [4.78, 5) is 2.16. The quantitative estimate of drug-likeness (QED) is 0.795. The van der Waals surface area contributed by atoms with Crippen molar-refractivity contribution in [2.24, 2.45) is 5.73 Å². The molecule has 1 atom stereocenters. The van der Waals surface area contributed by atoms with Gasteiger partial charge in [0.05, 0.1) is 6.61 Å². The van der Waals surface area contributed by atoms with E-state index in [1.54, 1.807) is 7.11 Å². The van der Waals surface area contributed by atoms with Gasteiger partial charge in [-0.3, -0.25) is 0 Å². The number of nitrogens with zero attached hydrogens (tertiary/aromatic N) is 1. The highest BCUT2D eigenvalue weighted by atomic mass is 16.5. The molecular formula is C13H22N2O. The van der Waals surface area contributed by atoms with Gasteiger partial charge in [0, 0.05) is 32.4 Å². The first-order valence-electron chi connectivity index (χ1n) is 5.72. The predicted molar refractivity (Wildman–Crippen MR) is 68.9 cm³/mol. The van der Waals surface area contributed by atoms with Crippen LogP contribution in [0.5, 0.6) is 0 Å². The average molecular weight is 222 g/mol. The summed E-state index contributed by atoms with van der Waals surface area (Å²) >= 11 is 0. The number of nitrogens with two attached hydrogens (primary N) is 1. The van der Waals surface area contributed by atoms with Crippen LogP contribution in [-0.2, 0) is 11.2 Å². The number of rotatable bonds is 6. The third-order valence-corrected chi connectivity index (χ3v) is 2.67. The molecular weight excluding hydrogens is 200 g/mol. The van der Waals surface area contributed by atoms with Gasteiger partial charge in [-0.05, 0) is 24.1 Å². The van der Waals surface area contributed by atoms with Crippen molar-refractivity contribution in [2.45, 2.75) is 19.4 Å². The van der Waals surface area contributed by atoms with E-state index in [2.05, 4.69) is 43.1 Å². The largest absolute Gasteiger partial charge is 0.383 e. The number of likely N-dealkylation sites (N-methyl/N-ethyl adjacent to an activating group) is 1. The van der Waals surface area contributed by atoms with Crippen molar-refractivity contribution in [3.8, 4) is 0 Å². The number of aryl methyl sites for hydroxylation is 1. The first-order chi connectivity index (χ1) is 7.67. The number of ether oxygens (including phenoxy) is 1. The second-order valence-corrected chi connectivity index (χ2v) is 4.12. The second-order valence-electron chi connectivity index (χ2n) is 4.12. The van der Waals surface area contributed by atoms with Gasteiger partial charge in [-0.1, -0.05) is 19.1 Å². The molecule has 3 nitrogen and oxygen atoms in total. The first kappa shape index (κ1) is 13.0. The third-order valence-electron chi connectivity index (χ3n) is 2.67. The summed E-state index contributed by atoms with van der Waals surface area (Å²) in [6.07, 6.45) is 1.08.